The van der Waals surface area contributed by atoms with Crippen LogP contribution in [0.4, 0.5) is 0 Å². The van der Waals surface area contributed by atoms with E-state index in [9.17, 15) is 4.79 Å². The Bertz CT molecular complexity index is 453. The molecule has 0 amide bonds. The molecule has 0 spiro atoms. The molecule has 0 aliphatic carbocycles. The second kappa shape index (κ2) is 4.86. The van der Waals surface area contributed by atoms with E-state index in [2.05, 4.69) is 23.3 Å². The van der Waals surface area contributed by atoms with Gasteiger partial charge in [-0.25, -0.2) is 0 Å². The molecule has 18 heavy (non-hydrogen) atoms. The molecule has 1 fully saturated rings. The molecule has 1 aromatic heterocycles. The zero-order valence-electron chi connectivity index (χ0n) is 10.9. The van der Waals surface area contributed by atoms with Gasteiger partial charge in [-0.05, 0) is 26.1 Å². The van der Waals surface area contributed by atoms with Crippen LogP contribution >= 0.6 is 0 Å². The van der Waals surface area contributed by atoms with Gasteiger partial charge in [0.2, 0.25) is 0 Å². The molecule has 1 unspecified atom stereocenters. The summed E-state index contributed by atoms with van der Waals surface area (Å²) in [6.07, 6.45) is 3.38. The van der Waals surface area contributed by atoms with Crippen LogP contribution in [-0.2, 0) is 17.8 Å². The lowest BCUT2D eigenvalue weighted by molar-refractivity contribution is -0.120. The van der Waals surface area contributed by atoms with Gasteiger partial charge in [-0.3, -0.25) is 4.79 Å². The summed E-state index contributed by atoms with van der Waals surface area (Å²) >= 11 is 0. The quantitative estimate of drug-likeness (QED) is 0.821. The molecule has 1 atom stereocenters. The maximum Gasteiger partial charge on any atom is 0.136 e. The first-order valence-electron chi connectivity index (χ1n) is 6.77. The third kappa shape index (κ3) is 2.35. The summed E-state index contributed by atoms with van der Waals surface area (Å²) in [7, 11) is 2.14. The SMILES string of the molecule is CN1CCCc2oc(C3CC(=O)CCN3)cc2C1. The van der Waals surface area contributed by atoms with Crippen LogP contribution in [-0.4, -0.2) is 30.8 Å². The van der Waals surface area contributed by atoms with Gasteiger partial charge in [-0.1, -0.05) is 0 Å². The molecule has 1 N–H and O–H groups in total. The minimum atomic E-state index is 0.0866. The fourth-order valence-corrected chi connectivity index (χ4v) is 2.87. The number of nitrogens with zero attached hydrogens (tertiary/aromatic N) is 1. The summed E-state index contributed by atoms with van der Waals surface area (Å²) < 4.78 is 5.98. The van der Waals surface area contributed by atoms with Gasteiger partial charge in [0.1, 0.15) is 17.3 Å². The minimum Gasteiger partial charge on any atom is -0.464 e. The Morgan fingerprint density at radius 2 is 2.33 bits per heavy atom. The number of nitrogens with one attached hydrogen (secondary N) is 1. The standard InChI is InChI=1S/C14H20N2O2/c1-16-6-2-3-13-10(9-16)7-14(18-13)12-8-11(17)4-5-15-12/h7,12,15H,2-6,8-9H2,1H3. The molecular formula is C14H20N2O2. The van der Waals surface area contributed by atoms with Crippen molar-refractivity contribution in [3.05, 3.63) is 23.2 Å². The van der Waals surface area contributed by atoms with Gasteiger partial charge >= 0.3 is 0 Å². The Kier molecular flexibility index (Phi) is 3.22. The molecule has 1 aromatic rings. The van der Waals surface area contributed by atoms with Crippen LogP contribution in [0.15, 0.2) is 10.5 Å². The number of hydrogen-bond donors (Lipinski definition) is 1. The van der Waals surface area contributed by atoms with E-state index < -0.39 is 0 Å². The van der Waals surface area contributed by atoms with Crippen molar-refractivity contribution in [3.8, 4) is 0 Å². The second-order valence-corrected chi connectivity index (χ2v) is 5.44. The van der Waals surface area contributed by atoms with Gasteiger partial charge in [0, 0.05) is 37.9 Å². The van der Waals surface area contributed by atoms with Crippen molar-refractivity contribution in [2.75, 3.05) is 20.1 Å². The molecule has 0 radical (unpaired) electrons. The Morgan fingerprint density at radius 1 is 1.44 bits per heavy atom. The van der Waals surface area contributed by atoms with E-state index >= 15 is 0 Å². The number of hydrogen-bond acceptors (Lipinski definition) is 4. The zero-order valence-corrected chi connectivity index (χ0v) is 10.9. The monoisotopic (exact) mass is 248 g/mol. The molecule has 4 nitrogen and oxygen atoms in total. The predicted molar refractivity (Wildman–Crippen MR) is 68.3 cm³/mol. The average molecular weight is 248 g/mol. The molecule has 2 aliphatic heterocycles. The number of rotatable bonds is 1. The lowest BCUT2D eigenvalue weighted by atomic mass is 10.0. The molecular weight excluding hydrogens is 228 g/mol. The fourth-order valence-electron chi connectivity index (χ4n) is 2.87. The largest absolute Gasteiger partial charge is 0.464 e. The number of aryl methyl sites for hydroxylation is 1. The van der Waals surface area contributed by atoms with Crippen LogP contribution in [0.2, 0.25) is 0 Å². The summed E-state index contributed by atoms with van der Waals surface area (Å²) in [4.78, 5) is 13.8. The van der Waals surface area contributed by atoms with Gasteiger partial charge < -0.3 is 14.6 Å². The normalized spacial score (nSPS) is 25.8. The predicted octanol–water partition coefficient (Wildman–Crippen LogP) is 1.65. The Morgan fingerprint density at radius 3 is 3.17 bits per heavy atom. The number of carbonyl (C=O) groups excluding carboxylic acids is 1. The van der Waals surface area contributed by atoms with E-state index in [0.717, 1.165) is 44.0 Å². The molecule has 2 aliphatic rings. The summed E-state index contributed by atoms with van der Waals surface area (Å²) in [6, 6.07) is 2.23. The van der Waals surface area contributed by atoms with E-state index in [4.69, 9.17) is 4.42 Å². The molecule has 98 valence electrons. The smallest absolute Gasteiger partial charge is 0.136 e. The van der Waals surface area contributed by atoms with Crippen molar-refractivity contribution in [2.45, 2.75) is 38.3 Å². The van der Waals surface area contributed by atoms with Crippen LogP contribution < -0.4 is 5.32 Å². The molecule has 3 rings (SSSR count). The zero-order chi connectivity index (χ0) is 12.5. The van der Waals surface area contributed by atoms with E-state index in [-0.39, 0.29) is 6.04 Å². The highest BCUT2D eigenvalue weighted by Gasteiger charge is 2.25. The lowest BCUT2D eigenvalue weighted by Crippen LogP contribution is -2.31. The van der Waals surface area contributed by atoms with Crippen LogP contribution in [0.1, 0.15) is 42.4 Å². The molecule has 3 heterocycles. The van der Waals surface area contributed by atoms with Crippen molar-refractivity contribution in [3.63, 3.8) is 0 Å². The Hall–Kier alpha value is -1.13. The van der Waals surface area contributed by atoms with Gasteiger partial charge in [0.05, 0.1) is 6.04 Å². The number of furan rings is 1. The van der Waals surface area contributed by atoms with Crippen molar-refractivity contribution in [1.82, 2.24) is 10.2 Å². The maximum absolute atomic E-state index is 11.5. The number of Topliss-reactive ketones (excluding diaryl/α,β-unsaturated/α-hetero) is 1. The third-order valence-corrected chi connectivity index (χ3v) is 3.87. The number of piperidine rings is 1. The van der Waals surface area contributed by atoms with Crippen LogP contribution in [0.3, 0.4) is 0 Å². The summed E-state index contributed by atoms with van der Waals surface area (Å²) in [5.41, 5.74) is 1.30. The van der Waals surface area contributed by atoms with Crippen molar-refractivity contribution in [1.29, 1.82) is 0 Å². The van der Waals surface area contributed by atoms with Crippen molar-refractivity contribution >= 4 is 5.78 Å². The van der Waals surface area contributed by atoms with Crippen LogP contribution in [0.25, 0.3) is 0 Å². The van der Waals surface area contributed by atoms with Gasteiger partial charge in [0.15, 0.2) is 0 Å². The summed E-state index contributed by atoms with van der Waals surface area (Å²) in [5, 5.41) is 3.37. The highest BCUT2D eigenvalue weighted by molar-refractivity contribution is 5.80. The molecule has 1 saturated heterocycles. The fraction of sp³-hybridized carbons (Fsp3) is 0.643. The van der Waals surface area contributed by atoms with Crippen LogP contribution in [0.5, 0.6) is 0 Å². The third-order valence-electron chi connectivity index (χ3n) is 3.87. The summed E-state index contributed by atoms with van der Waals surface area (Å²) in [6.45, 7) is 2.86. The maximum atomic E-state index is 11.5. The van der Waals surface area contributed by atoms with Crippen molar-refractivity contribution in [2.24, 2.45) is 0 Å². The van der Waals surface area contributed by atoms with E-state index in [1.54, 1.807) is 0 Å². The molecule has 4 heteroatoms. The Labute approximate surface area is 107 Å². The van der Waals surface area contributed by atoms with E-state index in [0.29, 0.717) is 18.6 Å². The van der Waals surface area contributed by atoms with Crippen molar-refractivity contribution < 1.29 is 9.21 Å². The van der Waals surface area contributed by atoms with Gasteiger partial charge in [0.25, 0.3) is 0 Å². The molecule has 0 aromatic carbocycles. The highest BCUT2D eigenvalue weighted by atomic mass is 16.3. The summed E-state index contributed by atoms with van der Waals surface area (Å²) in [5.74, 6) is 2.40. The van der Waals surface area contributed by atoms with E-state index in [1.165, 1.54) is 5.56 Å². The minimum absolute atomic E-state index is 0.0866. The molecule has 0 bridgehead atoms. The van der Waals surface area contributed by atoms with E-state index in [1.807, 2.05) is 0 Å². The first-order valence-corrected chi connectivity index (χ1v) is 6.77. The van der Waals surface area contributed by atoms with Gasteiger partial charge in [-0.2, -0.15) is 0 Å². The topological polar surface area (TPSA) is 45.5 Å². The average Bonchev–Trinajstić information content (AvgIpc) is 2.65. The Balaban J connectivity index is 1.82. The van der Waals surface area contributed by atoms with Crippen LogP contribution in [0, 0.1) is 0 Å². The lowest BCUT2D eigenvalue weighted by Gasteiger charge is -2.20. The highest BCUT2D eigenvalue weighted by Crippen LogP contribution is 2.28. The number of ketones is 1. The first-order chi connectivity index (χ1) is 8.72. The first kappa shape index (κ1) is 11.9. The van der Waals surface area contributed by atoms with Gasteiger partial charge in [-0.15, -0.1) is 0 Å². The number of carbonyl (C=O) groups is 1. The number of fused-ring (bicyclic) bond motifs is 1. The molecule has 0 saturated carbocycles. The second-order valence-electron chi connectivity index (χ2n) is 5.44.